The van der Waals surface area contributed by atoms with Crippen molar-refractivity contribution in [1.82, 2.24) is 20.9 Å². The summed E-state index contributed by atoms with van der Waals surface area (Å²) in [6, 6.07) is 4.49. The Kier molecular flexibility index (Phi) is 15.0. The summed E-state index contributed by atoms with van der Waals surface area (Å²) in [6.07, 6.45) is -0.0390. The number of imide groups is 1. The average Bonchev–Trinajstić information content (AvgIpc) is 3.30. The number of hydrogen-bond acceptors (Lipinski definition) is 11. The Balaban J connectivity index is 2.12. The van der Waals surface area contributed by atoms with E-state index >= 15 is 0 Å². The van der Waals surface area contributed by atoms with E-state index in [4.69, 9.17) is 9.26 Å². The molecular formula is C30H43N4O11P. The lowest BCUT2D eigenvalue weighted by Crippen LogP contribution is -2.43. The van der Waals surface area contributed by atoms with Crippen LogP contribution in [0.5, 0.6) is 0 Å². The number of esters is 2. The Morgan fingerprint density at radius 3 is 1.93 bits per heavy atom. The number of carbonyl (C=O) groups excluding carboxylic acids is 7. The molecule has 4 atom stereocenters. The molecule has 254 valence electrons. The minimum absolute atomic E-state index is 0.0933. The van der Waals surface area contributed by atoms with Gasteiger partial charge in [0.2, 0.25) is 25.1 Å². The van der Waals surface area contributed by atoms with Gasteiger partial charge in [-0.3, -0.25) is 33.4 Å². The Labute approximate surface area is 267 Å². The molecular weight excluding hydrogens is 623 g/mol. The molecule has 0 spiro atoms. The standard InChI is InChI=1S/C30H43N4O11P/c1-6-23(35)32-22(30(41)44-4)14-15-24(36)33-26(46(42,45-5)18-16-25(37)31-19(2)29(40)43-3)13-9-10-17-34-27(38)20-11-7-8-12-21(20)28(34)39/h7-8,11-12,19,22,26H,6,9-10,13-18H2,1-5H3,(H,31,37)(H,32,35)(H,33,36)/t19-,22-,26?,46?/m1/s1. The molecule has 0 saturated carbocycles. The minimum atomic E-state index is -3.75. The second kappa shape index (κ2) is 18.1. The van der Waals surface area contributed by atoms with Gasteiger partial charge in [0.15, 0.2) is 0 Å². The highest BCUT2D eigenvalue weighted by atomic mass is 31.2. The molecule has 2 unspecified atom stereocenters. The highest BCUT2D eigenvalue weighted by Gasteiger charge is 2.37. The molecule has 16 heteroatoms. The fraction of sp³-hybridized carbons (Fsp3) is 0.567. The van der Waals surface area contributed by atoms with Crippen LogP contribution in [-0.4, -0.2) is 98.3 Å². The van der Waals surface area contributed by atoms with Crippen molar-refractivity contribution < 1.29 is 52.1 Å². The molecule has 1 aliphatic rings. The average molecular weight is 667 g/mol. The molecule has 3 N–H and O–H groups in total. The number of rotatable bonds is 19. The van der Waals surface area contributed by atoms with Crippen LogP contribution in [0, 0.1) is 0 Å². The maximum Gasteiger partial charge on any atom is 0.328 e. The molecule has 15 nitrogen and oxygen atoms in total. The first-order valence-corrected chi connectivity index (χ1v) is 16.8. The summed E-state index contributed by atoms with van der Waals surface area (Å²) in [7, 11) is -0.219. The molecule has 0 fully saturated rings. The predicted octanol–water partition coefficient (Wildman–Crippen LogP) is 1.74. The van der Waals surface area contributed by atoms with Crippen molar-refractivity contribution in [2.75, 3.05) is 34.0 Å². The molecule has 1 aromatic carbocycles. The second-order valence-corrected chi connectivity index (χ2v) is 13.5. The maximum absolute atomic E-state index is 14.0. The van der Waals surface area contributed by atoms with Crippen molar-refractivity contribution in [1.29, 1.82) is 0 Å². The molecule has 5 amide bonds. The first-order valence-electron chi connectivity index (χ1n) is 14.9. The van der Waals surface area contributed by atoms with Crippen LogP contribution in [0.2, 0.25) is 0 Å². The quantitative estimate of drug-likeness (QED) is 0.0840. The van der Waals surface area contributed by atoms with Crippen molar-refractivity contribution in [3.05, 3.63) is 35.4 Å². The number of nitrogens with zero attached hydrogens (tertiary/aromatic N) is 1. The summed E-state index contributed by atoms with van der Waals surface area (Å²) >= 11 is 0. The van der Waals surface area contributed by atoms with E-state index in [1.165, 1.54) is 21.1 Å². The highest BCUT2D eigenvalue weighted by Crippen LogP contribution is 2.52. The largest absolute Gasteiger partial charge is 0.467 e. The van der Waals surface area contributed by atoms with Gasteiger partial charge in [-0.2, -0.15) is 0 Å². The molecule has 1 heterocycles. The minimum Gasteiger partial charge on any atom is -0.467 e. The van der Waals surface area contributed by atoms with Gasteiger partial charge in [-0.05, 0) is 44.7 Å². The summed E-state index contributed by atoms with van der Waals surface area (Å²) in [4.78, 5) is 87.8. The van der Waals surface area contributed by atoms with Crippen LogP contribution >= 0.6 is 7.37 Å². The highest BCUT2D eigenvalue weighted by molar-refractivity contribution is 7.59. The molecule has 0 aliphatic carbocycles. The van der Waals surface area contributed by atoms with Gasteiger partial charge in [-0.15, -0.1) is 0 Å². The Morgan fingerprint density at radius 1 is 0.804 bits per heavy atom. The van der Waals surface area contributed by atoms with Crippen LogP contribution in [0.25, 0.3) is 0 Å². The van der Waals surface area contributed by atoms with Gasteiger partial charge in [0.05, 0.1) is 25.3 Å². The summed E-state index contributed by atoms with van der Waals surface area (Å²) < 4.78 is 28.7. The number of unbranched alkanes of at least 4 members (excludes halogenated alkanes) is 1. The molecule has 1 aliphatic heterocycles. The zero-order valence-electron chi connectivity index (χ0n) is 26.8. The van der Waals surface area contributed by atoms with Crippen molar-refractivity contribution >= 4 is 48.8 Å². The molecule has 0 aromatic heterocycles. The predicted molar refractivity (Wildman–Crippen MR) is 165 cm³/mol. The molecule has 0 saturated heterocycles. The van der Waals surface area contributed by atoms with Crippen LogP contribution in [-0.2, 0) is 42.5 Å². The van der Waals surface area contributed by atoms with E-state index in [0.29, 0.717) is 24.0 Å². The van der Waals surface area contributed by atoms with Crippen molar-refractivity contribution in [3.63, 3.8) is 0 Å². The summed E-state index contributed by atoms with van der Waals surface area (Å²) in [5.74, 6) is -4.85. The molecule has 0 bridgehead atoms. The first kappa shape index (κ1) is 38.1. The number of carbonyl (C=O) groups is 7. The number of fused-ring (bicyclic) bond motifs is 1. The van der Waals surface area contributed by atoms with Gasteiger partial charge in [-0.1, -0.05) is 19.1 Å². The van der Waals surface area contributed by atoms with Gasteiger partial charge < -0.3 is 29.9 Å². The van der Waals surface area contributed by atoms with Crippen molar-refractivity contribution in [2.45, 2.75) is 76.7 Å². The topological polar surface area (TPSA) is 204 Å². The van der Waals surface area contributed by atoms with Gasteiger partial charge in [0.25, 0.3) is 11.8 Å². The van der Waals surface area contributed by atoms with Gasteiger partial charge >= 0.3 is 11.9 Å². The van der Waals surface area contributed by atoms with E-state index in [9.17, 15) is 38.1 Å². The van der Waals surface area contributed by atoms with E-state index in [0.717, 1.165) is 12.0 Å². The lowest BCUT2D eigenvalue weighted by molar-refractivity contribution is -0.145. The zero-order chi connectivity index (χ0) is 34.4. The fourth-order valence-corrected chi connectivity index (χ4v) is 7.00. The number of methoxy groups -OCH3 is 2. The summed E-state index contributed by atoms with van der Waals surface area (Å²) in [5, 5.41) is 7.65. The Morgan fingerprint density at radius 2 is 1.39 bits per heavy atom. The Hall–Kier alpha value is -4.10. The summed E-state index contributed by atoms with van der Waals surface area (Å²) in [5.41, 5.74) is 0.642. The van der Waals surface area contributed by atoms with Crippen LogP contribution in [0.4, 0.5) is 0 Å². The Bertz CT molecular complexity index is 1320. The van der Waals surface area contributed by atoms with Gasteiger partial charge in [-0.25, -0.2) is 9.59 Å². The van der Waals surface area contributed by atoms with Crippen LogP contribution in [0.3, 0.4) is 0 Å². The lowest BCUT2D eigenvalue weighted by Gasteiger charge is -2.28. The van der Waals surface area contributed by atoms with E-state index in [2.05, 4.69) is 20.7 Å². The third-order valence-electron chi connectivity index (χ3n) is 7.48. The number of benzene rings is 1. The van der Waals surface area contributed by atoms with Crippen molar-refractivity contribution in [2.24, 2.45) is 0 Å². The first-order chi connectivity index (χ1) is 21.8. The van der Waals surface area contributed by atoms with Crippen LogP contribution in [0.15, 0.2) is 24.3 Å². The van der Waals surface area contributed by atoms with Gasteiger partial charge in [0.1, 0.15) is 17.9 Å². The number of ether oxygens (including phenoxy) is 2. The van der Waals surface area contributed by atoms with Crippen molar-refractivity contribution in [3.8, 4) is 0 Å². The van der Waals surface area contributed by atoms with Crippen LogP contribution < -0.4 is 16.0 Å². The summed E-state index contributed by atoms with van der Waals surface area (Å²) in [6.45, 7) is 3.13. The molecule has 0 radical (unpaired) electrons. The second-order valence-electron chi connectivity index (χ2n) is 10.6. The maximum atomic E-state index is 14.0. The third kappa shape index (κ3) is 10.5. The molecule has 1 aromatic rings. The number of amides is 5. The normalized spacial score (nSPS) is 15.5. The van der Waals surface area contributed by atoms with E-state index in [1.807, 2.05) is 0 Å². The molecule has 2 rings (SSSR count). The fourth-order valence-electron chi connectivity index (χ4n) is 4.82. The third-order valence-corrected chi connectivity index (χ3v) is 10.3. The monoisotopic (exact) mass is 666 g/mol. The SMILES string of the molecule is CCC(=O)N[C@H](CCC(=O)NC(CCCCN1C(=O)c2ccccc2C1=O)P(=O)(CCC(=O)N[C@H](C)C(=O)OC)OC)C(=O)OC. The van der Waals surface area contributed by atoms with E-state index in [1.54, 1.807) is 31.2 Å². The van der Waals surface area contributed by atoms with E-state index < -0.39 is 66.7 Å². The lowest BCUT2D eigenvalue weighted by atomic mass is 10.1. The van der Waals surface area contributed by atoms with E-state index in [-0.39, 0.29) is 44.8 Å². The smallest absolute Gasteiger partial charge is 0.328 e. The zero-order valence-corrected chi connectivity index (χ0v) is 27.7. The number of nitrogens with one attached hydrogen (secondary N) is 3. The molecule has 46 heavy (non-hydrogen) atoms. The van der Waals surface area contributed by atoms with Crippen LogP contribution in [0.1, 0.15) is 79.5 Å². The van der Waals surface area contributed by atoms with Gasteiger partial charge in [0, 0.05) is 39.1 Å². The number of hydrogen-bond donors (Lipinski definition) is 3.